The maximum atomic E-state index is 12.0. The van der Waals surface area contributed by atoms with Crippen molar-refractivity contribution in [1.29, 1.82) is 0 Å². The Bertz CT molecular complexity index is 655. The van der Waals surface area contributed by atoms with Gasteiger partial charge in [-0.2, -0.15) is 0 Å². The summed E-state index contributed by atoms with van der Waals surface area (Å²) in [6.07, 6.45) is 1.47. The first-order chi connectivity index (χ1) is 10.3. The van der Waals surface area contributed by atoms with Crippen LogP contribution >= 0.6 is 15.9 Å². The molecule has 2 aromatic rings. The van der Waals surface area contributed by atoms with E-state index in [0.29, 0.717) is 6.61 Å². The highest BCUT2D eigenvalue weighted by molar-refractivity contribution is 9.15. The Morgan fingerprint density at radius 3 is 2.38 bits per heavy atom. The molecule has 1 fully saturated rings. The molecule has 1 aliphatic heterocycles. The molecule has 0 radical (unpaired) electrons. The summed E-state index contributed by atoms with van der Waals surface area (Å²) in [6.45, 7) is 0.369. The van der Waals surface area contributed by atoms with Crippen LogP contribution in [0.1, 0.15) is 17.2 Å². The van der Waals surface area contributed by atoms with E-state index in [2.05, 4.69) is 15.9 Å². The summed E-state index contributed by atoms with van der Waals surface area (Å²) in [6, 6.07) is 19.7. The Morgan fingerprint density at radius 2 is 1.71 bits per heavy atom. The summed E-state index contributed by atoms with van der Waals surface area (Å²) < 4.78 is 6.04. The topological polar surface area (TPSA) is 29.5 Å². The van der Waals surface area contributed by atoms with Crippen molar-refractivity contribution in [3.63, 3.8) is 0 Å². The summed E-state index contributed by atoms with van der Waals surface area (Å²) >= 11 is 3.54. The fraction of sp³-hybridized carbons (Fsp3) is 0.118. The van der Waals surface area contributed by atoms with Crippen LogP contribution in [-0.2, 0) is 4.74 Å². The van der Waals surface area contributed by atoms with Crippen molar-refractivity contribution in [2.75, 3.05) is 6.61 Å². The molecule has 3 nitrogen and oxygen atoms in total. The van der Waals surface area contributed by atoms with Crippen LogP contribution in [-0.4, -0.2) is 17.6 Å². The number of rotatable bonds is 3. The second-order valence-electron chi connectivity index (χ2n) is 4.75. The Hall–Kier alpha value is -2.07. The predicted molar refractivity (Wildman–Crippen MR) is 85.7 cm³/mol. The Labute approximate surface area is 132 Å². The average Bonchev–Trinajstić information content (AvgIpc) is 2.90. The molecule has 1 atom stereocenters. The van der Waals surface area contributed by atoms with E-state index in [4.69, 9.17) is 4.74 Å². The third kappa shape index (κ3) is 3.00. The first-order valence-electron chi connectivity index (χ1n) is 6.68. The second-order valence-corrected chi connectivity index (χ2v) is 5.61. The van der Waals surface area contributed by atoms with Gasteiger partial charge in [-0.05, 0) is 27.1 Å². The molecule has 0 unspecified atom stereocenters. The van der Waals surface area contributed by atoms with Crippen molar-refractivity contribution in [2.24, 2.45) is 0 Å². The highest BCUT2D eigenvalue weighted by Crippen LogP contribution is 2.31. The molecule has 0 N–H and O–H groups in total. The fourth-order valence-corrected chi connectivity index (χ4v) is 2.79. The van der Waals surface area contributed by atoms with Crippen molar-refractivity contribution in [2.45, 2.75) is 6.04 Å². The van der Waals surface area contributed by atoms with E-state index in [-0.39, 0.29) is 12.1 Å². The fourth-order valence-electron chi connectivity index (χ4n) is 2.30. The van der Waals surface area contributed by atoms with Gasteiger partial charge in [0, 0.05) is 10.7 Å². The highest BCUT2D eigenvalue weighted by atomic mass is 79.9. The second kappa shape index (κ2) is 6.14. The van der Waals surface area contributed by atoms with Crippen LogP contribution in [0.5, 0.6) is 0 Å². The molecule has 0 aliphatic carbocycles. The van der Waals surface area contributed by atoms with Crippen molar-refractivity contribution in [3.8, 4) is 0 Å². The van der Waals surface area contributed by atoms with E-state index >= 15 is 0 Å². The summed E-state index contributed by atoms with van der Waals surface area (Å²) in [7, 11) is 0. The van der Waals surface area contributed by atoms with Crippen LogP contribution in [0.2, 0.25) is 0 Å². The zero-order valence-corrected chi connectivity index (χ0v) is 12.9. The van der Waals surface area contributed by atoms with Gasteiger partial charge in [-0.15, -0.1) is 0 Å². The molecule has 21 heavy (non-hydrogen) atoms. The van der Waals surface area contributed by atoms with E-state index in [0.717, 1.165) is 15.6 Å². The van der Waals surface area contributed by atoms with Gasteiger partial charge in [-0.1, -0.05) is 60.7 Å². The summed E-state index contributed by atoms with van der Waals surface area (Å²) in [5.74, 6) is 0. The quantitative estimate of drug-likeness (QED) is 0.816. The maximum Gasteiger partial charge on any atom is 0.414 e. The minimum Gasteiger partial charge on any atom is -0.447 e. The van der Waals surface area contributed by atoms with E-state index in [9.17, 15) is 4.79 Å². The average molecular weight is 344 g/mol. The molecule has 1 saturated heterocycles. The van der Waals surface area contributed by atoms with Gasteiger partial charge < -0.3 is 4.74 Å². The maximum absolute atomic E-state index is 12.0. The van der Waals surface area contributed by atoms with E-state index in [1.54, 1.807) is 11.1 Å². The lowest BCUT2D eigenvalue weighted by Gasteiger charge is -2.18. The van der Waals surface area contributed by atoms with Gasteiger partial charge in [0.15, 0.2) is 0 Å². The number of ether oxygens (including phenoxy) is 1. The molecule has 3 rings (SSSR count). The number of carbonyl (C=O) groups excluding carboxylic acids is 1. The third-order valence-corrected chi connectivity index (χ3v) is 4.06. The molecule has 1 aliphatic rings. The van der Waals surface area contributed by atoms with Crippen molar-refractivity contribution >= 4 is 26.5 Å². The van der Waals surface area contributed by atoms with Crippen LogP contribution in [0.4, 0.5) is 4.79 Å². The van der Waals surface area contributed by atoms with Gasteiger partial charge >= 0.3 is 6.09 Å². The molecule has 0 bridgehead atoms. The normalized spacial score (nSPS) is 18.7. The number of nitrogens with zero attached hydrogens (tertiary/aromatic N) is 1. The van der Waals surface area contributed by atoms with Gasteiger partial charge in [0.2, 0.25) is 0 Å². The molecule has 0 aromatic heterocycles. The van der Waals surface area contributed by atoms with Crippen LogP contribution in [0.15, 0.2) is 66.9 Å². The SMILES string of the molecule is O=C1OC[C@@H](c2ccccc2)N1/C=C(/Br)c1ccccc1. The molecule has 4 heteroatoms. The summed E-state index contributed by atoms with van der Waals surface area (Å²) in [5, 5.41) is 0. The first kappa shape index (κ1) is 13.9. The minimum absolute atomic E-state index is 0.0880. The number of halogens is 1. The van der Waals surface area contributed by atoms with E-state index < -0.39 is 0 Å². The van der Waals surface area contributed by atoms with Gasteiger partial charge in [0.25, 0.3) is 0 Å². The molecule has 1 heterocycles. The number of cyclic esters (lactones) is 1. The minimum atomic E-state index is -0.322. The molecular weight excluding hydrogens is 330 g/mol. The molecular formula is C17H14BrNO2. The van der Waals surface area contributed by atoms with Crippen LogP contribution < -0.4 is 0 Å². The Kier molecular flexibility index (Phi) is 4.06. The number of hydrogen-bond donors (Lipinski definition) is 0. The van der Waals surface area contributed by atoms with E-state index in [1.807, 2.05) is 60.7 Å². The number of carbonyl (C=O) groups is 1. The van der Waals surface area contributed by atoms with Gasteiger partial charge in [0.05, 0.1) is 6.04 Å². The predicted octanol–water partition coefficient (Wildman–Crippen LogP) is 4.57. The van der Waals surface area contributed by atoms with Crippen molar-refractivity contribution in [3.05, 3.63) is 78.0 Å². The van der Waals surface area contributed by atoms with Crippen molar-refractivity contribution < 1.29 is 9.53 Å². The monoisotopic (exact) mass is 343 g/mol. The Balaban J connectivity index is 1.90. The Morgan fingerprint density at radius 1 is 1.10 bits per heavy atom. The first-order valence-corrected chi connectivity index (χ1v) is 7.48. The standard InChI is InChI=1S/C17H14BrNO2/c18-15(13-7-3-1-4-8-13)11-19-16(12-21-17(19)20)14-9-5-2-6-10-14/h1-11,16H,12H2/b15-11+/t16-/m0/s1. The number of hydrogen-bond acceptors (Lipinski definition) is 2. The molecule has 106 valence electrons. The number of amides is 1. The lowest BCUT2D eigenvalue weighted by molar-refractivity contribution is 0.166. The van der Waals surface area contributed by atoms with Crippen LogP contribution in [0, 0.1) is 0 Å². The van der Waals surface area contributed by atoms with Crippen LogP contribution in [0.25, 0.3) is 4.48 Å². The van der Waals surface area contributed by atoms with Gasteiger partial charge in [-0.25, -0.2) is 4.79 Å². The zero-order chi connectivity index (χ0) is 14.7. The molecule has 0 spiro atoms. The van der Waals surface area contributed by atoms with Crippen LogP contribution in [0.3, 0.4) is 0 Å². The lowest BCUT2D eigenvalue weighted by atomic mass is 10.1. The summed E-state index contributed by atoms with van der Waals surface area (Å²) in [5.41, 5.74) is 2.08. The zero-order valence-electron chi connectivity index (χ0n) is 11.3. The number of benzene rings is 2. The summed E-state index contributed by atoms with van der Waals surface area (Å²) in [4.78, 5) is 13.6. The largest absolute Gasteiger partial charge is 0.447 e. The smallest absolute Gasteiger partial charge is 0.414 e. The van der Waals surface area contributed by atoms with Gasteiger partial charge in [-0.3, -0.25) is 4.90 Å². The molecule has 2 aromatic carbocycles. The van der Waals surface area contributed by atoms with Crippen molar-refractivity contribution in [1.82, 2.24) is 4.90 Å². The highest BCUT2D eigenvalue weighted by Gasteiger charge is 2.32. The van der Waals surface area contributed by atoms with E-state index in [1.165, 1.54) is 0 Å². The molecule has 0 saturated carbocycles. The van der Waals surface area contributed by atoms with Gasteiger partial charge in [0.1, 0.15) is 6.61 Å². The lowest BCUT2D eigenvalue weighted by Crippen LogP contribution is -2.21. The molecule has 1 amide bonds. The third-order valence-electron chi connectivity index (χ3n) is 3.40.